The number of thiophene rings is 1. The van der Waals surface area contributed by atoms with E-state index < -0.39 is 28.0 Å². The summed E-state index contributed by atoms with van der Waals surface area (Å²) in [5, 5.41) is 1.01. The van der Waals surface area contributed by atoms with Crippen molar-refractivity contribution in [3.8, 4) is 0 Å². The Morgan fingerprint density at radius 2 is 2.17 bits per heavy atom. The Balaban J connectivity index is 1.36. The van der Waals surface area contributed by atoms with Crippen LogP contribution in [0.5, 0.6) is 0 Å². The fourth-order valence-electron chi connectivity index (χ4n) is 4.22. The lowest BCUT2D eigenvalue weighted by atomic mass is 10.1. The minimum atomic E-state index is -3.84. The number of fused-ring (bicyclic) bond motifs is 1. The molecule has 2 saturated heterocycles. The zero-order chi connectivity index (χ0) is 21.5. The molecule has 1 N–H and O–H groups in total. The molecule has 30 heavy (non-hydrogen) atoms. The van der Waals surface area contributed by atoms with Gasteiger partial charge >= 0.3 is 0 Å². The summed E-state index contributed by atoms with van der Waals surface area (Å²) in [7, 11) is -3.84. The monoisotopic (exact) mass is 471 g/mol. The molecule has 0 unspecified atom stereocenters. The van der Waals surface area contributed by atoms with Crippen molar-refractivity contribution in [3.63, 3.8) is 0 Å². The number of aldehydes is 1. The fourth-order valence-corrected chi connectivity index (χ4v) is 6.29. The van der Waals surface area contributed by atoms with Crippen LogP contribution in [0.1, 0.15) is 24.1 Å². The number of hydrogen-bond acceptors (Lipinski definition) is 6. The first-order chi connectivity index (χ1) is 14.3. The second-order valence-corrected chi connectivity index (χ2v) is 11.2. The molecule has 3 fully saturated rings. The van der Waals surface area contributed by atoms with Crippen molar-refractivity contribution in [2.24, 2.45) is 11.8 Å². The molecule has 3 heterocycles. The van der Waals surface area contributed by atoms with Crippen LogP contribution in [0.4, 0.5) is 0 Å². The maximum Gasteiger partial charge on any atom is 0.242 e. The molecular formula is C19H22ClN3O5S2. The summed E-state index contributed by atoms with van der Waals surface area (Å²) in [6.07, 6.45) is 4.17. The third-order valence-corrected chi connectivity index (χ3v) is 8.14. The van der Waals surface area contributed by atoms with Crippen LogP contribution < -0.4 is 4.72 Å². The zero-order valence-corrected chi connectivity index (χ0v) is 18.5. The summed E-state index contributed by atoms with van der Waals surface area (Å²) in [6, 6.07) is 2.06. The lowest BCUT2D eigenvalue weighted by Gasteiger charge is -2.33. The van der Waals surface area contributed by atoms with Crippen LogP contribution in [0.2, 0.25) is 4.34 Å². The molecule has 0 aromatic carbocycles. The summed E-state index contributed by atoms with van der Waals surface area (Å²) in [5.41, 5.74) is 0. The Morgan fingerprint density at radius 3 is 2.87 bits per heavy atom. The molecule has 0 radical (unpaired) electrons. The molecule has 0 bridgehead atoms. The summed E-state index contributed by atoms with van der Waals surface area (Å²) in [6.45, 7) is 0.811. The number of nitrogens with one attached hydrogen (secondary N) is 1. The van der Waals surface area contributed by atoms with Crippen LogP contribution in [0.25, 0.3) is 6.08 Å². The van der Waals surface area contributed by atoms with Gasteiger partial charge in [-0.25, -0.2) is 8.42 Å². The molecule has 1 aliphatic carbocycles. The van der Waals surface area contributed by atoms with Crippen molar-refractivity contribution >= 4 is 57.1 Å². The predicted octanol–water partition coefficient (Wildman–Crippen LogP) is 1.33. The van der Waals surface area contributed by atoms with Gasteiger partial charge in [-0.3, -0.25) is 9.59 Å². The maximum absolute atomic E-state index is 12.8. The lowest BCUT2D eigenvalue weighted by molar-refractivity contribution is -0.144. The van der Waals surface area contributed by atoms with Gasteiger partial charge < -0.3 is 14.6 Å². The van der Waals surface area contributed by atoms with Gasteiger partial charge in [0.15, 0.2) is 0 Å². The molecule has 2 aliphatic heterocycles. The highest BCUT2D eigenvalue weighted by atomic mass is 35.5. The standard InChI is InChI=1S/C19H22ClN3O5S2/c20-17-4-3-13(29-17)5-7-30(27,28)21-15-2-1-6-22(19(15)26)10-18(25)23-9-12-8-14(12)16(23)11-24/h3-5,7,11-12,14-16,21H,1-2,6,8-10H2/t12-,14-,15-,16+/m0/s1. The Kier molecular flexibility index (Phi) is 6.02. The first kappa shape index (κ1) is 21.5. The highest BCUT2D eigenvalue weighted by Crippen LogP contribution is 2.48. The van der Waals surface area contributed by atoms with E-state index in [-0.39, 0.29) is 18.4 Å². The molecule has 1 saturated carbocycles. The Hall–Kier alpha value is -1.75. The topological polar surface area (TPSA) is 104 Å². The van der Waals surface area contributed by atoms with E-state index in [9.17, 15) is 22.8 Å². The van der Waals surface area contributed by atoms with Gasteiger partial charge in [-0.05, 0) is 49.3 Å². The molecule has 11 heteroatoms. The summed E-state index contributed by atoms with van der Waals surface area (Å²) >= 11 is 7.08. The van der Waals surface area contributed by atoms with Crippen molar-refractivity contribution < 1.29 is 22.8 Å². The van der Waals surface area contributed by atoms with Gasteiger partial charge in [0.05, 0.1) is 16.9 Å². The van der Waals surface area contributed by atoms with Gasteiger partial charge in [-0.15, -0.1) is 11.3 Å². The smallest absolute Gasteiger partial charge is 0.242 e. The molecule has 4 atom stereocenters. The maximum atomic E-state index is 12.8. The quantitative estimate of drug-likeness (QED) is 0.604. The number of nitrogens with zero attached hydrogens (tertiary/aromatic N) is 2. The van der Waals surface area contributed by atoms with Gasteiger partial charge in [0.2, 0.25) is 21.8 Å². The van der Waals surface area contributed by atoms with E-state index in [1.165, 1.54) is 22.3 Å². The SMILES string of the molecule is O=C[C@@H]1[C@H]2C[C@H]2CN1C(=O)CN1CCC[C@H](NS(=O)(=O)C=Cc2ccc(Cl)s2)C1=O. The number of sulfonamides is 1. The average molecular weight is 472 g/mol. The van der Waals surface area contributed by atoms with E-state index in [0.29, 0.717) is 41.1 Å². The molecule has 8 nitrogen and oxygen atoms in total. The predicted molar refractivity (Wildman–Crippen MR) is 113 cm³/mol. The largest absolute Gasteiger partial charge is 0.332 e. The number of carbonyl (C=O) groups excluding carboxylic acids is 3. The number of halogens is 1. The van der Waals surface area contributed by atoms with Crippen molar-refractivity contribution in [3.05, 3.63) is 26.8 Å². The summed E-state index contributed by atoms with van der Waals surface area (Å²) in [5.74, 6) is -0.0257. The van der Waals surface area contributed by atoms with E-state index in [1.54, 1.807) is 17.0 Å². The van der Waals surface area contributed by atoms with E-state index in [4.69, 9.17) is 11.6 Å². The van der Waals surface area contributed by atoms with Crippen LogP contribution >= 0.6 is 22.9 Å². The fraction of sp³-hybridized carbons (Fsp3) is 0.526. The number of likely N-dealkylation sites (tertiary alicyclic amines) is 2. The zero-order valence-electron chi connectivity index (χ0n) is 16.1. The second-order valence-electron chi connectivity index (χ2n) is 7.89. The number of rotatable bonds is 7. The molecular weight excluding hydrogens is 450 g/mol. The Labute approximate surface area is 183 Å². The van der Waals surface area contributed by atoms with Crippen molar-refractivity contribution in [2.45, 2.75) is 31.3 Å². The van der Waals surface area contributed by atoms with Gasteiger partial charge in [0.1, 0.15) is 12.3 Å². The van der Waals surface area contributed by atoms with Crippen LogP contribution in [-0.4, -0.2) is 68.0 Å². The molecule has 2 amide bonds. The first-order valence-electron chi connectivity index (χ1n) is 9.77. The van der Waals surface area contributed by atoms with E-state index in [0.717, 1.165) is 18.1 Å². The highest BCUT2D eigenvalue weighted by Gasteiger charge is 2.54. The van der Waals surface area contributed by atoms with E-state index in [2.05, 4.69) is 4.72 Å². The average Bonchev–Trinajstić information content (AvgIpc) is 3.17. The van der Waals surface area contributed by atoms with E-state index in [1.807, 2.05) is 0 Å². The Morgan fingerprint density at radius 1 is 1.37 bits per heavy atom. The van der Waals surface area contributed by atoms with Crippen molar-refractivity contribution in [2.75, 3.05) is 19.6 Å². The number of carbonyl (C=O) groups is 3. The molecule has 0 spiro atoms. The summed E-state index contributed by atoms with van der Waals surface area (Å²) in [4.78, 5) is 40.4. The molecule has 1 aromatic heterocycles. The minimum absolute atomic E-state index is 0.135. The van der Waals surface area contributed by atoms with Gasteiger partial charge in [0.25, 0.3) is 0 Å². The normalized spacial score (nSPS) is 28.8. The molecule has 162 valence electrons. The van der Waals surface area contributed by atoms with Crippen LogP contribution in [0.3, 0.4) is 0 Å². The van der Waals surface area contributed by atoms with E-state index >= 15 is 0 Å². The summed E-state index contributed by atoms with van der Waals surface area (Å²) < 4.78 is 27.7. The lowest BCUT2D eigenvalue weighted by Crippen LogP contribution is -2.55. The highest BCUT2D eigenvalue weighted by molar-refractivity contribution is 7.92. The second kappa shape index (κ2) is 8.41. The number of piperidine rings is 2. The van der Waals surface area contributed by atoms with Crippen LogP contribution in [0.15, 0.2) is 17.5 Å². The van der Waals surface area contributed by atoms with Crippen LogP contribution in [-0.2, 0) is 24.4 Å². The first-order valence-corrected chi connectivity index (χ1v) is 12.5. The third-order valence-electron chi connectivity index (χ3n) is 5.84. The van der Waals surface area contributed by atoms with Gasteiger partial charge in [-0.2, -0.15) is 4.72 Å². The van der Waals surface area contributed by atoms with Crippen molar-refractivity contribution in [1.29, 1.82) is 0 Å². The van der Waals surface area contributed by atoms with Gasteiger partial charge in [-0.1, -0.05) is 11.6 Å². The van der Waals surface area contributed by atoms with Crippen LogP contribution in [0, 0.1) is 11.8 Å². The number of hydrogen-bond donors (Lipinski definition) is 1. The number of amides is 2. The molecule has 1 aromatic rings. The molecule has 4 rings (SSSR count). The molecule has 3 aliphatic rings. The Bertz CT molecular complexity index is 992. The van der Waals surface area contributed by atoms with Gasteiger partial charge in [0, 0.05) is 23.4 Å². The minimum Gasteiger partial charge on any atom is -0.332 e. The third kappa shape index (κ3) is 4.61. The van der Waals surface area contributed by atoms with Crippen molar-refractivity contribution in [1.82, 2.24) is 14.5 Å².